The quantitative estimate of drug-likeness (QED) is 0.788. The topological polar surface area (TPSA) is 89.6 Å². The molecule has 2 aromatic rings. The lowest BCUT2D eigenvalue weighted by Crippen LogP contribution is -2.10. The Morgan fingerprint density at radius 3 is 2.86 bits per heavy atom. The molecular weight excluding hydrogens is 286 g/mol. The van der Waals surface area contributed by atoms with E-state index in [1.54, 1.807) is 6.07 Å². The van der Waals surface area contributed by atoms with E-state index in [1.807, 2.05) is 18.7 Å². The number of nitrogens with zero attached hydrogens (tertiary/aromatic N) is 3. The van der Waals surface area contributed by atoms with Crippen molar-refractivity contribution in [2.75, 3.05) is 6.54 Å². The predicted octanol–water partition coefficient (Wildman–Crippen LogP) is 1.42. The molecule has 0 aliphatic heterocycles. The van der Waals surface area contributed by atoms with Crippen molar-refractivity contribution in [3.63, 3.8) is 0 Å². The third kappa shape index (κ3) is 3.74. The molecule has 0 aromatic carbocycles. The Bertz CT molecular complexity index is 676. The molecule has 0 saturated carbocycles. The van der Waals surface area contributed by atoms with E-state index in [4.69, 9.17) is 5.73 Å². The highest BCUT2D eigenvalue weighted by atomic mass is 32.2. The fourth-order valence-electron chi connectivity index (χ4n) is 2.25. The number of nitrogens with two attached hydrogens (primary N) is 1. The minimum Gasteiger partial charge on any atom is -0.330 e. The van der Waals surface area contributed by atoms with Gasteiger partial charge in [0.05, 0.1) is 5.69 Å². The van der Waals surface area contributed by atoms with Crippen LogP contribution >= 0.6 is 11.8 Å². The second-order valence-corrected chi connectivity index (χ2v) is 5.90. The van der Waals surface area contributed by atoms with Gasteiger partial charge in [-0.3, -0.25) is 9.48 Å². The van der Waals surface area contributed by atoms with Crippen molar-refractivity contribution in [3.8, 4) is 0 Å². The van der Waals surface area contributed by atoms with Gasteiger partial charge in [-0.05, 0) is 38.1 Å². The van der Waals surface area contributed by atoms with Crippen LogP contribution in [0.1, 0.15) is 30.3 Å². The van der Waals surface area contributed by atoms with Crippen molar-refractivity contribution >= 4 is 11.8 Å². The zero-order chi connectivity index (χ0) is 15.4. The number of hydrogen-bond donors (Lipinski definition) is 2. The summed E-state index contributed by atoms with van der Waals surface area (Å²) in [7, 11) is 1.89. The molecule has 0 aliphatic carbocycles. The number of hydrogen-bond acceptors (Lipinski definition) is 5. The molecule has 0 amide bonds. The molecule has 0 atom stereocenters. The Balaban J connectivity index is 2.36. The van der Waals surface area contributed by atoms with Crippen LogP contribution in [0.2, 0.25) is 0 Å². The summed E-state index contributed by atoms with van der Waals surface area (Å²) in [6.45, 7) is 4.61. The molecule has 7 heteroatoms. The molecule has 0 radical (unpaired) electrons. The zero-order valence-corrected chi connectivity index (χ0v) is 13.5. The molecule has 2 rings (SSSR count). The standard InChI is InChI=1S/C14H21N5OS/c1-4-5-10-8-12(20)17-14(16-10)21-13-11(6-7-15)9(2)18-19(13)3/h8H,4-7,15H2,1-3H3,(H,16,17,20). The number of aromatic amines is 1. The van der Waals surface area contributed by atoms with E-state index in [2.05, 4.69) is 22.0 Å². The second-order valence-electron chi connectivity index (χ2n) is 4.93. The van der Waals surface area contributed by atoms with E-state index in [0.29, 0.717) is 11.7 Å². The van der Waals surface area contributed by atoms with Crippen LogP contribution in [0.4, 0.5) is 0 Å². The summed E-state index contributed by atoms with van der Waals surface area (Å²) < 4.78 is 1.82. The average molecular weight is 307 g/mol. The van der Waals surface area contributed by atoms with E-state index in [-0.39, 0.29) is 5.56 Å². The van der Waals surface area contributed by atoms with Crippen molar-refractivity contribution in [3.05, 3.63) is 33.4 Å². The van der Waals surface area contributed by atoms with E-state index >= 15 is 0 Å². The highest BCUT2D eigenvalue weighted by molar-refractivity contribution is 7.99. The van der Waals surface area contributed by atoms with Crippen LogP contribution in [0, 0.1) is 6.92 Å². The summed E-state index contributed by atoms with van der Waals surface area (Å²) in [4.78, 5) is 19.0. The first kappa shape index (κ1) is 15.8. The van der Waals surface area contributed by atoms with Crippen LogP contribution in [0.25, 0.3) is 0 Å². The molecule has 2 aromatic heterocycles. The van der Waals surface area contributed by atoms with Crippen LogP contribution in [0.3, 0.4) is 0 Å². The van der Waals surface area contributed by atoms with Gasteiger partial charge in [0.2, 0.25) is 0 Å². The minimum atomic E-state index is -0.116. The molecule has 2 heterocycles. The van der Waals surface area contributed by atoms with Gasteiger partial charge in [-0.15, -0.1) is 0 Å². The van der Waals surface area contributed by atoms with Gasteiger partial charge in [0.15, 0.2) is 5.16 Å². The monoisotopic (exact) mass is 307 g/mol. The Kier molecular flexibility index (Phi) is 5.19. The number of aromatic nitrogens is 4. The Morgan fingerprint density at radius 2 is 2.19 bits per heavy atom. The molecule has 6 nitrogen and oxygen atoms in total. The fourth-order valence-corrected chi connectivity index (χ4v) is 3.29. The van der Waals surface area contributed by atoms with Gasteiger partial charge in [0.25, 0.3) is 5.56 Å². The lowest BCUT2D eigenvalue weighted by Gasteiger charge is -2.06. The molecule has 21 heavy (non-hydrogen) atoms. The summed E-state index contributed by atoms with van der Waals surface area (Å²) >= 11 is 1.43. The average Bonchev–Trinajstić information content (AvgIpc) is 2.66. The number of H-pyrrole nitrogens is 1. The molecular formula is C14H21N5OS. The fraction of sp³-hybridized carbons (Fsp3) is 0.500. The predicted molar refractivity (Wildman–Crippen MR) is 83.7 cm³/mol. The van der Waals surface area contributed by atoms with Gasteiger partial charge >= 0.3 is 0 Å². The van der Waals surface area contributed by atoms with E-state index in [9.17, 15) is 4.79 Å². The summed E-state index contributed by atoms with van der Waals surface area (Å²) in [6.07, 6.45) is 2.53. The molecule has 0 unspecified atom stereocenters. The number of nitrogens with one attached hydrogen (secondary N) is 1. The maximum Gasteiger partial charge on any atom is 0.251 e. The Hall–Kier alpha value is -1.60. The third-order valence-corrected chi connectivity index (χ3v) is 4.25. The van der Waals surface area contributed by atoms with Gasteiger partial charge in [-0.1, -0.05) is 13.3 Å². The van der Waals surface area contributed by atoms with Crippen LogP contribution < -0.4 is 11.3 Å². The highest BCUT2D eigenvalue weighted by Crippen LogP contribution is 2.29. The first-order valence-electron chi connectivity index (χ1n) is 7.05. The largest absolute Gasteiger partial charge is 0.330 e. The van der Waals surface area contributed by atoms with Crippen LogP contribution in [0.15, 0.2) is 21.0 Å². The Labute approximate surface area is 128 Å². The molecule has 0 aliphatic rings. The van der Waals surface area contributed by atoms with Crippen molar-refractivity contribution in [1.29, 1.82) is 0 Å². The van der Waals surface area contributed by atoms with Crippen molar-refractivity contribution in [1.82, 2.24) is 19.7 Å². The second kappa shape index (κ2) is 6.91. The van der Waals surface area contributed by atoms with Crippen LogP contribution in [-0.4, -0.2) is 26.3 Å². The zero-order valence-electron chi connectivity index (χ0n) is 12.6. The van der Waals surface area contributed by atoms with Gasteiger partial charge in [-0.2, -0.15) is 5.10 Å². The normalized spacial score (nSPS) is 11.0. The number of aryl methyl sites for hydroxylation is 3. The minimum absolute atomic E-state index is 0.116. The van der Waals surface area contributed by atoms with Crippen molar-refractivity contribution < 1.29 is 0 Å². The molecule has 0 fully saturated rings. The maximum atomic E-state index is 11.7. The molecule has 3 N–H and O–H groups in total. The molecule has 0 spiro atoms. The smallest absolute Gasteiger partial charge is 0.251 e. The molecule has 114 valence electrons. The van der Waals surface area contributed by atoms with Crippen molar-refractivity contribution in [2.45, 2.75) is 43.3 Å². The van der Waals surface area contributed by atoms with E-state index in [0.717, 1.165) is 41.2 Å². The van der Waals surface area contributed by atoms with Gasteiger partial charge in [0.1, 0.15) is 5.03 Å². The molecule has 0 saturated heterocycles. The summed E-state index contributed by atoms with van der Waals surface area (Å²) in [6, 6.07) is 1.56. The third-order valence-electron chi connectivity index (χ3n) is 3.16. The van der Waals surface area contributed by atoms with Crippen LogP contribution in [0.5, 0.6) is 0 Å². The molecule has 0 bridgehead atoms. The highest BCUT2D eigenvalue weighted by Gasteiger charge is 2.15. The van der Waals surface area contributed by atoms with Crippen LogP contribution in [-0.2, 0) is 19.9 Å². The maximum absolute atomic E-state index is 11.7. The summed E-state index contributed by atoms with van der Waals surface area (Å²) in [5, 5.41) is 6.01. The summed E-state index contributed by atoms with van der Waals surface area (Å²) in [5.41, 5.74) is 8.46. The lowest BCUT2D eigenvalue weighted by molar-refractivity contribution is 0.686. The van der Waals surface area contributed by atoms with E-state index < -0.39 is 0 Å². The SMILES string of the molecule is CCCc1cc(=O)[nH]c(Sc2c(CCN)c(C)nn2C)n1. The van der Waals surface area contributed by atoms with E-state index in [1.165, 1.54) is 11.8 Å². The summed E-state index contributed by atoms with van der Waals surface area (Å²) in [5.74, 6) is 0. The van der Waals surface area contributed by atoms with Gasteiger partial charge < -0.3 is 10.7 Å². The van der Waals surface area contributed by atoms with Gasteiger partial charge in [0, 0.05) is 24.4 Å². The van der Waals surface area contributed by atoms with Gasteiger partial charge in [-0.25, -0.2) is 4.98 Å². The lowest BCUT2D eigenvalue weighted by atomic mass is 10.2. The first-order chi connectivity index (χ1) is 10.0. The number of rotatable bonds is 6. The first-order valence-corrected chi connectivity index (χ1v) is 7.87. The van der Waals surface area contributed by atoms with Crippen molar-refractivity contribution in [2.24, 2.45) is 12.8 Å². The Morgan fingerprint density at radius 1 is 1.43 bits per heavy atom.